The number of benzene rings is 1. The van der Waals surface area contributed by atoms with Gasteiger partial charge in [-0.15, -0.1) is 0 Å². The molecule has 0 atom stereocenters. The monoisotopic (exact) mass is 578 g/mol. The number of halogens is 6. The predicted molar refractivity (Wildman–Crippen MR) is 131 cm³/mol. The van der Waals surface area contributed by atoms with E-state index in [2.05, 4.69) is 0 Å². The summed E-state index contributed by atoms with van der Waals surface area (Å²) in [7, 11) is 0. The number of hydrogen-bond donors (Lipinski definition) is 1. The van der Waals surface area contributed by atoms with Crippen LogP contribution in [0.5, 0.6) is 0 Å². The average molecular weight is 579 g/mol. The summed E-state index contributed by atoms with van der Waals surface area (Å²) < 4.78 is 84.9. The van der Waals surface area contributed by atoms with Gasteiger partial charge >= 0.3 is 18.3 Å². The number of carbonyl (C=O) groups excluding carboxylic acids is 1. The van der Waals surface area contributed by atoms with Crippen molar-refractivity contribution in [1.29, 1.82) is 0 Å². The van der Waals surface area contributed by atoms with Crippen LogP contribution in [-0.2, 0) is 21.9 Å². The molecule has 6 nitrogen and oxygen atoms in total. The topological polar surface area (TPSA) is 74.0 Å². The number of likely N-dealkylation sites (tertiary alicyclic amines) is 1. The molecule has 1 aromatic heterocycles. The minimum absolute atomic E-state index is 0.0364. The van der Waals surface area contributed by atoms with Crippen LogP contribution < -0.4 is 0 Å². The molecule has 204 valence electrons. The van der Waals surface area contributed by atoms with Crippen LogP contribution >= 0.6 is 24.0 Å². The molecule has 0 radical (unpaired) electrons. The zero-order valence-electron chi connectivity index (χ0n) is 19.4. The number of thioether (sulfide) groups is 1. The molecule has 2 aromatic rings. The minimum Gasteiger partial charge on any atom is -0.480 e. The summed E-state index contributed by atoms with van der Waals surface area (Å²) in [6.07, 6.45) is -7.25. The molecule has 1 N–H and O–H groups in total. The molecule has 2 aliphatic heterocycles. The number of aliphatic carboxylic acids is 1. The average Bonchev–Trinajstić information content (AvgIpc) is 3.39. The van der Waals surface area contributed by atoms with E-state index >= 15 is 0 Å². The van der Waals surface area contributed by atoms with Gasteiger partial charge in [-0.1, -0.05) is 24.0 Å². The van der Waals surface area contributed by atoms with E-state index in [1.165, 1.54) is 23.1 Å². The fraction of sp³-hybridized carbons (Fsp3) is 0.375. The van der Waals surface area contributed by atoms with Crippen molar-refractivity contribution in [3.8, 4) is 11.3 Å². The van der Waals surface area contributed by atoms with Gasteiger partial charge < -0.3 is 9.52 Å². The highest BCUT2D eigenvalue weighted by atomic mass is 32.2. The summed E-state index contributed by atoms with van der Waals surface area (Å²) in [5.74, 6) is -1.32. The van der Waals surface area contributed by atoms with Crippen molar-refractivity contribution in [2.45, 2.75) is 25.2 Å². The third-order valence-corrected chi connectivity index (χ3v) is 7.53. The Morgan fingerprint density at radius 1 is 1.08 bits per heavy atom. The Hall–Kier alpha value is -2.84. The Balaban J connectivity index is 1.49. The lowest BCUT2D eigenvalue weighted by atomic mass is 9.96. The van der Waals surface area contributed by atoms with Crippen LogP contribution in [0.2, 0.25) is 0 Å². The molecule has 14 heteroatoms. The molecule has 0 aliphatic carbocycles. The van der Waals surface area contributed by atoms with Crippen LogP contribution in [-0.4, -0.2) is 57.3 Å². The SMILES string of the molecule is O=C(O)CN1CCC(CN2C(=O)C(=Cc3ccc(-c4cc(C(F)(F)F)cc(C(F)(F)F)c4)o3)SC2=S)CC1. The Morgan fingerprint density at radius 2 is 1.68 bits per heavy atom. The van der Waals surface area contributed by atoms with Crippen LogP contribution in [0, 0.1) is 5.92 Å². The number of carboxylic acid groups (broad SMARTS) is 1. The van der Waals surface area contributed by atoms with Gasteiger partial charge in [0.1, 0.15) is 15.8 Å². The highest BCUT2D eigenvalue weighted by Crippen LogP contribution is 2.40. The van der Waals surface area contributed by atoms with Crippen LogP contribution in [0.25, 0.3) is 17.4 Å². The molecule has 2 saturated heterocycles. The normalized spacial score (nSPS) is 19.1. The number of thiocarbonyl (C=S) groups is 1. The predicted octanol–water partition coefficient (Wildman–Crippen LogP) is 5.98. The van der Waals surface area contributed by atoms with E-state index < -0.39 is 35.0 Å². The Labute approximate surface area is 222 Å². The molecule has 2 aliphatic rings. The summed E-state index contributed by atoms with van der Waals surface area (Å²) in [5.41, 5.74) is -3.33. The summed E-state index contributed by atoms with van der Waals surface area (Å²) in [6.45, 7) is 1.49. The molecule has 4 rings (SSSR count). The second-order valence-electron chi connectivity index (χ2n) is 8.90. The Morgan fingerprint density at radius 3 is 2.24 bits per heavy atom. The largest absolute Gasteiger partial charge is 0.480 e. The zero-order chi connectivity index (χ0) is 27.8. The van der Waals surface area contributed by atoms with Crippen LogP contribution in [0.1, 0.15) is 29.7 Å². The molecule has 2 fully saturated rings. The fourth-order valence-corrected chi connectivity index (χ4v) is 5.50. The van der Waals surface area contributed by atoms with Crippen molar-refractivity contribution in [3.05, 3.63) is 52.1 Å². The number of piperidine rings is 1. The molecule has 0 spiro atoms. The van der Waals surface area contributed by atoms with Gasteiger partial charge in [0.2, 0.25) is 0 Å². The van der Waals surface area contributed by atoms with E-state index in [1.807, 2.05) is 4.90 Å². The summed E-state index contributed by atoms with van der Waals surface area (Å²) in [6, 6.07) is 3.74. The lowest BCUT2D eigenvalue weighted by Gasteiger charge is -2.32. The first-order valence-electron chi connectivity index (χ1n) is 11.3. The van der Waals surface area contributed by atoms with Crippen LogP contribution in [0.4, 0.5) is 26.3 Å². The highest BCUT2D eigenvalue weighted by molar-refractivity contribution is 8.26. The highest BCUT2D eigenvalue weighted by Gasteiger charge is 2.38. The summed E-state index contributed by atoms with van der Waals surface area (Å²) >= 11 is 6.35. The number of amides is 1. The lowest BCUT2D eigenvalue weighted by Crippen LogP contribution is -2.41. The van der Waals surface area contributed by atoms with E-state index in [-0.39, 0.29) is 40.9 Å². The third-order valence-electron chi connectivity index (χ3n) is 6.15. The van der Waals surface area contributed by atoms with Crippen LogP contribution in [0.15, 0.2) is 39.7 Å². The second-order valence-corrected chi connectivity index (χ2v) is 10.6. The zero-order valence-corrected chi connectivity index (χ0v) is 21.1. The van der Waals surface area contributed by atoms with Gasteiger partial charge in [-0.3, -0.25) is 19.4 Å². The van der Waals surface area contributed by atoms with Gasteiger partial charge in [0.05, 0.1) is 22.6 Å². The molecule has 0 bridgehead atoms. The minimum atomic E-state index is -4.99. The van der Waals surface area contributed by atoms with Crippen molar-refractivity contribution in [1.82, 2.24) is 9.80 Å². The van der Waals surface area contributed by atoms with Gasteiger partial charge in [0.25, 0.3) is 5.91 Å². The number of carboxylic acids is 1. The van der Waals surface area contributed by atoms with Crippen molar-refractivity contribution in [3.63, 3.8) is 0 Å². The second kappa shape index (κ2) is 10.7. The molecule has 1 amide bonds. The van der Waals surface area contributed by atoms with Gasteiger partial charge in [-0.05, 0) is 62.2 Å². The maximum Gasteiger partial charge on any atom is 0.416 e. The lowest BCUT2D eigenvalue weighted by molar-refractivity contribution is -0.143. The maximum absolute atomic E-state index is 13.2. The van der Waals surface area contributed by atoms with E-state index in [9.17, 15) is 35.9 Å². The first-order chi connectivity index (χ1) is 17.7. The van der Waals surface area contributed by atoms with Crippen LogP contribution in [0.3, 0.4) is 0 Å². The van der Waals surface area contributed by atoms with Gasteiger partial charge in [0.15, 0.2) is 0 Å². The van der Waals surface area contributed by atoms with Gasteiger partial charge in [-0.2, -0.15) is 26.3 Å². The molecule has 0 unspecified atom stereocenters. The summed E-state index contributed by atoms with van der Waals surface area (Å²) in [5, 5.41) is 8.92. The van der Waals surface area contributed by atoms with E-state index in [4.69, 9.17) is 21.7 Å². The standard InChI is InChI=1S/C24H20F6N2O4S2/c25-23(26,27)15-7-14(8-16(9-15)24(28,29)30)18-2-1-17(36-18)10-19-21(35)32(22(37)38-19)11-13-3-5-31(6-4-13)12-20(33)34/h1-2,7-10,13H,3-6,11-12H2,(H,33,34). The Bertz CT molecular complexity index is 1250. The number of nitrogens with zero attached hydrogens (tertiary/aromatic N) is 2. The molecular formula is C24H20F6N2O4S2. The third kappa shape index (κ3) is 6.59. The van der Waals surface area contributed by atoms with E-state index in [1.54, 1.807) is 0 Å². The smallest absolute Gasteiger partial charge is 0.416 e. The number of hydrogen-bond acceptors (Lipinski definition) is 6. The number of alkyl halides is 6. The molecule has 1 aromatic carbocycles. The van der Waals surface area contributed by atoms with Crippen molar-refractivity contribution in [2.75, 3.05) is 26.2 Å². The maximum atomic E-state index is 13.2. The van der Waals surface area contributed by atoms with Gasteiger partial charge in [-0.25, -0.2) is 0 Å². The Kier molecular flexibility index (Phi) is 7.96. The van der Waals surface area contributed by atoms with Crippen molar-refractivity contribution in [2.24, 2.45) is 5.92 Å². The van der Waals surface area contributed by atoms with Crippen molar-refractivity contribution >= 4 is 46.3 Å². The van der Waals surface area contributed by atoms with E-state index in [0.717, 1.165) is 11.8 Å². The molecular weight excluding hydrogens is 558 g/mol. The first kappa shape index (κ1) is 28.2. The number of carbonyl (C=O) groups is 2. The number of furan rings is 1. The fourth-order valence-electron chi connectivity index (χ4n) is 4.25. The summed E-state index contributed by atoms with van der Waals surface area (Å²) in [4.78, 5) is 27.3. The quantitative estimate of drug-likeness (QED) is 0.257. The number of rotatable bonds is 6. The van der Waals surface area contributed by atoms with E-state index in [0.29, 0.717) is 48.9 Å². The molecule has 38 heavy (non-hydrogen) atoms. The van der Waals surface area contributed by atoms with Crippen molar-refractivity contribution < 1.29 is 45.5 Å². The van der Waals surface area contributed by atoms with Gasteiger partial charge in [0, 0.05) is 18.2 Å². The molecule has 0 saturated carbocycles. The molecule has 3 heterocycles. The first-order valence-corrected chi connectivity index (χ1v) is 12.5.